The fourth-order valence-corrected chi connectivity index (χ4v) is 4.77. The van der Waals surface area contributed by atoms with Crippen LogP contribution in [0.15, 0.2) is 22.8 Å². The third-order valence-electron chi connectivity index (χ3n) is 6.30. The summed E-state index contributed by atoms with van der Waals surface area (Å²) in [6.07, 6.45) is 12.6. The molecule has 1 unspecified atom stereocenters. The summed E-state index contributed by atoms with van der Waals surface area (Å²) in [7, 11) is 3.78. The molecule has 0 radical (unpaired) electrons. The lowest BCUT2D eigenvalue weighted by Crippen LogP contribution is -2.42. The normalized spacial score (nSPS) is 20.6. The number of carbonyl (C=O) groups is 1. The van der Waals surface area contributed by atoms with E-state index in [-0.39, 0.29) is 5.91 Å². The Labute approximate surface area is 167 Å². The van der Waals surface area contributed by atoms with E-state index in [1.165, 1.54) is 44.2 Å². The average molecular weight is 385 g/mol. The van der Waals surface area contributed by atoms with Crippen LogP contribution in [0.3, 0.4) is 0 Å². The number of fused-ring (bicyclic) bond motifs is 1. The van der Waals surface area contributed by atoms with Crippen LogP contribution >= 0.6 is 0 Å². The van der Waals surface area contributed by atoms with Gasteiger partial charge in [-0.3, -0.25) is 9.48 Å². The highest BCUT2D eigenvalue weighted by atomic mass is 16.3. The zero-order valence-corrected chi connectivity index (χ0v) is 17.1. The topological polar surface area (TPSA) is 63.3 Å². The zero-order valence-electron chi connectivity index (χ0n) is 17.1. The Balaban J connectivity index is 1.46. The van der Waals surface area contributed by atoms with Crippen LogP contribution in [0.2, 0.25) is 0 Å². The van der Waals surface area contributed by atoms with Crippen LogP contribution in [0.1, 0.15) is 72.5 Å². The Morgan fingerprint density at radius 1 is 1.25 bits per heavy atom. The lowest BCUT2D eigenvalue weighted by Gasteiger charge is -2.29. The van der Waals surface area contributed by atoms with E-state index in [2.05, 4.69) is 10.4 Å². The summed E-state index contributed by atoms with van der Waals surface area (Å²) in [5.41, 5.74) is 2.96. The number of carbonyl (C=O) groups excluding carboxylic acids is 1. The predicted molar refractivity (Wildman–Crippen MR) is 108 cm³/mol. The molecule has 2 heterocycles. The number of hydrogen-bond donors (Lipinski definition) is 1. The van der Waals surface area contributed by atoms with Crippen molar-refractivity contribution >= 4 is 5.91 Å². The van der Waals surface area contributed by atoms with Crippen LogP contribution in [0.5, 0.6) is 0 Å². The van der Waals surface area contributed by atoms with E-state index in [0.29, 0.717) is 24.3 Å². The maximum absolute atomic E-state index is 13.1. The molecule has 2 aromatic heterocycles. The molecule has 1 atom stereocenters. The van der Waals surface area contributed by atoms with E-state index in [4.69, 9.17) is 4.42 Å². The second kappa shape index (κ2) is 8.52. The van der Waals surface area contributed by atoms with Gasteiger partial charge in [-0.2, -0.15) is 5.10 Å². The molecule has 0 spiro atoms. The minimum Gasteiger partial charge on any atom is -0.467 e. The average Bonchev–Trinajstić information content (AvgIpc) is 3.22. The summed E-state index contributed by atoms with van der Waals surface area (Å²) in [4.78, 5) is 14.8. The number of aromatic nitrogens is 2. The standard InChI is InChI=1S/C22H32N4O2/c1-25(15-18-10-7-13-28-18)22(27)21-19-14-17(11-12-20(19)26(2)24-21)23-16-8-5-3-4-6-9-16/h7,10,13,16-17,23H,3-6,8-9,11-12,14-15H2,1-2H3. The molecule has 2 aromatic rings. The molecule has 28 heavy (non-hydrogen) atoms. The lowest BCUT2D eigenvalue weighted by atomic mass is 9.90. The van der Waals surface area contributed by atoms with Crippen LogP contribution in [0.25, 0.3) is 0 Å². The van der Waals surface area contributed by atoms with Crippen molar-refractivity contribution in [1.29, 1.82) is 0 Å². The van der Waals surface area contributed by atoms with Crippen molar-refractivity contribution in [3.8, 4) is 0 Å². The number of hydrogen-bond acceptors (Lipinski definition) is 4. The molecule has 1 amide bonds. The molecular weight excluding hydrogens is 352 g/mol. The fourth-order valence-electron chi connectivity index (χ4n) is 4.77. The maximum atomic E-state index is 13.1. The second-order valence-corrected chi connectivity index (χ2v) is 8.43. The number of amides is 1. The number of nitrogens with zero attached hydrogens (tertiary/aromatic N) is 3. The van der Waals surface area contributed by atoms with Crippen molar-refractivity contribution in [3.05, 3.63) is 41.1 Å². The molecule has 4 rings (SSSR count). The molecule has 2 aliphatic carbocycles. The molecule has 1 saturated carbocycles. The molecule has 0 aliphatic heterocycles. The Morgan fingerprint density at radius 3 is 2.75 bits per heavy atom. The van der Waals surface area contributed by atoms with Gasteiger partial charge in [-0.15, -0.1) is 0 Å². The number of aryl methyl sites for hydroxylation is 1. The van der Waals surface area contributed by atoms with E-state index in [1.807, 2.05) is 30.9 Å². The lowest BCUT2D eigenvalue weighted by molar-refractivity contribution is 0.0767. The first-order chi connectivity index (χ1) is 13.6. The van der Waals surface area contributed by atoms with Crippen LogP contribution in [-0.2, 0) is 26.4 Å². The van der Waals surface area contributed by atoms with Gasteiger partial charge in [-0.25, -0.2) is 0 Å². The van der Waals surface area contributed by atoms with E-state index < -0.39 is 0 Å². The Morgan fingerprint density at radius 2 is 2.04 bits per heavy atom. The first-order valence-corrected chi connectivity index (χ1v) is 10.7. The third-order valence-corrected chi connectivity index (χ3v) is 6.30. The summed E-state index contributed by atoms with van der Waals surface area (Å²) >= 11 is 0. The Bertz CT molecular complexity index is 788. The van der Waals surface area contributed by atoms with Crippen molar-refractivity contribution in [2.75, 3.05) is 7.05 Å². The molecule has 0 bridgehead atoms. The molecule has 6 heteroatoms. The van der Waals surface area contributed by atoms with Gasteiger partial charge in [0.2, 0.25) is 0 Å². The first kappa shape index (κ1) is 19.2. The highest BCUT2D eigenvalue weighted by molar-refractivity contribution is 5.94. The summed E-state index contributed by atoms with van der Waals surface area (Å²) in [6, 6.07) is 4.82. The third kappa shape index (κ3) is 4.17. The van der Waals surface area contributed by atoms with E-state index >= 15 is 0 Å². The van der Waals surface area contributed by atoms with Crippen molar-refractivity contribution in [3.63, 3.8) is 0 Å². The molecule has 152 valence electrons. The predicted octanol–water partition coefficient (Wildman–Crippen LogP) is 3.46. The van der Waals surface area contributed by atoms with Crippen molar-refractivity contribution < 1.29 is 9.21 Å². The van der Waals surface area contributed by atoms with Gasteiger partial charge >= 0.3 is 0 Å². The van der Waals surface area contributed by atoms with Gasteiger partial charge in [-0.05, 0) is 44.2 Å². The summed E-state index contributed by atoms with van der Waals surface area (Å²) < 4.78 is 7.30. The number of nitrogens with one attached hydrogen (secondary N) is 1. The van der Waals surface area contributed by atoms with Gasteiger partial charge in [0.05, 0.1) is 12.8 Å². The molecule has 1 fully saturated rings. The fraction of sp³-hybridized carbons (Fsp3) is 0.636. The van der Waals surface area contributed by atoms with Gasteiger partial charge < -0.3 is 14.6 Å². The molecule has 1 N–H and O–H groups in total. The number of furan rings is 1. The van der Waals surface area contributed by atoms with Gasteiger partial charge in [0.15, 0.2) is 5.69 Å². The first-order valence-electron chi connectivity index (χ1n) is 10.7. The van der Waals surface area contributed by atoms with E-state index in [1.54, 1.807) is 11.2 Å². The molecule has 0 saturated heterocycles. The smallest absolute Gasteiger partial charge is 0.274 e. The van der Waals surface area contributed by atoms with E-state index in [9.17, 15) is 4.79 Å². The van der Waals surface area contributed by atoms with Crippen LogP contribution in [0, 0.1) is 0 Å². The van der Waals surface area contributed by atoms with Gasteiger partial charge in [0.1, 0.15) is 5.76 Å². The van der Waals surface area contributed by atoms with Gasteiger partial charge in [-0.1, -0.05) is 25.7 Å². The van der Waals surface area contributed by atoms with Crippen LogP contribution in [0.4, 0.5) is 0 Å². The Kier molecular flexibility index (Phi) is 5.85. The molecule has 0 aromatic carbocycles. The maximum Gasteiger partial charge on any atom is 0.274 e. The summed E-state index contributed by atoms with van der Waals surface area (Å²) in [5.74, 6) is 0.761. The Hall–Kier alpha value is -2.08. The minimum atomic E-state index is -0.0247. The van der Waals surface area contributed by atoms with Crippen molar-refractivity contribution in [1.82, 2.24) is 20.0 Å². The SMILES string of the molecule is CN(Cc1ccco1)C(=O)c1nn(C)c2c1CC(NC1CCCCCC1)CC2. The van der Waals surface area contributed by atoms with Crippen LogP contribution in [-0.4, -0.2) is 39.7 Å². The van der Waals surface area contributed by atoms with E-state index in [0.717, 1.165) is 30.6 Å². The van der Waals surface area contributed by atoms with Crippen molar-refractivity contribution in [2.45, 2.75) is 76.4 Å². The van der Waals surface area contributed by atoms with Crippen LogP contribution < -0.4 is 5.32 Å². The molecule has 2 aliphatic rings. The summed E-state index contributed by atoms with van der Waals surface area (Å²) in [6.45, 7) is 0.459. The molecular formula is C22H32N4O2. The van der Waals surface area contributed by atoms with Gasteiger partial charge in [0.25, 0.3) is 5.91 Å². The zero-order chi connectivity index (χ0) is 19.5. The molecule has 6 nitrogen and oxygen atoms in total. The highest BCUT2D eigenvalue weighted by Crippen LogP contribution is 2.27. The second-order valence-electron chi connectivity index (χ2n) is 8.43. The van der Waals surface area contributed by atoms with Crippen molar-refractivity contribution in [2.24, 2.45) is 7.05 Å². The largest absolute Gasteiger partial charge is 0.467 e. The number of rotatable bonds is 5. The minimum absolute atomic E-state index is 0.0247. The quantitative estimate of drug-likeness (QED) is 0.802. The summed E-state index contributed by atoms with van der Waals surface area (Å²) in [5, 5.41) is 8.51. The monoisotopic (exact) mass is 384 g/mol. The van der Waals surface area contributed by atoms with Gasteiger partial charge in [0, 0.05) is 37.4 Å². The highest BCUT2D eigenvalue weighted by Gasteiger charge is 2.30.